The molecule has 178 valence electrons. The Balaban J connectivity index is 1.40. The van der Waals surface area contributed by atoms with Crippen molar-refractivity contribution < 1.29 is 4.79 Å². The number of nitrogens with zero attached hydrogens (tertiary/aromatic N) is 2. The molecule has 1 aliphatic heterocycles. The molecule has 0 spiro atoms. The molecule has 1 N–H and O–H groups in total. The van der Waals surface area contributed by atoms with Crippen LogP contribution in [0.25, 0.3) is 34.3 Å². The first-order valence-corrected chi connectivity index (χ1v) is 12.7. The molecule has 3 aromatic carbocycles. The average molecular weight is 480 g/mol. The first-order valence-electron chi connectivity index (χ1n) is 12.7. The van der Waals surface area contributed by atoms with E-state index in [0.717, 1.165) is 23.2 Å². The topological polar surface area (TPSA) is 54.9 Å². The molecule has 4 aromatic rings. The van der Waals surface area contributed by atoms with E-state index in [2.05, 4.69) is 76.0 Å². The van der Waals surface area contributed by atoms with Crippen LogP contribution < -0.4 is 15.8 Å². The Morgan fingerprint density at radius 2 is 1.76 bits per heavy atom. The summed E-state index contributed by atoms with van der Waals surface area (Å²) >= 11 is 0. The standard InChI is InChI=1S/C33H25N3O/c37-33(22-10-14-31-32(20-22)36-17-16-35-31)23-18-28-26-11-9-21-6-3-4-7-24(21)25(26)12-13-27(28)29(19-23)30-8-2-1-5-15-34-30/h1-8,10-18,20,23,29,34H,9,19H2. The van der Waals surface area contributed by atoms with Crippen LogP contribution in [0.3, 0.4) is 0 Å². The molecule has 2 heterocycles. The minimum atomic E-state index is -0.248. The first-order chi connectivity index (χ1) is 18.3. The highest BCUT2D eigenvalue weighted by molar-refractivity contribution is 6.03. The number of aromatic nitrogens is 2. The van der Waals surface area contributed by atoms with E-state index in [1.807, 2.05) is 36.6 Å². The van der Waals surface area contributed by atoms with Gasteiger partial charge in [0.15, 0.2) is 5.78 Å². The monoisotopic (exact) mass is 479 g/mol. The third-order valence-corrected chi connectivity index (χ3v) is 7.70. The van der Waals surface area contributed by atoms with Crippen LogP contribution in [0.4, 0.5) is 0 Å². The predicted molar refractivity (Wildman–Crippen MR) is 148 cm³/mol. The molecule has 0 fully saturated rings. The number of carbonyl (C=O) groups excluding carboxylic acids is 1. The number of hydrogen-bond acceptors (Lipinski definition) is 4. The van der Waals surface area contributed by atoms with Crippen LogP contribution in [0.2, 0.25) is 0 Å². The SMILES string of the molecule is O=C(c1ccc2nccnc2c1)C1C=c2c(ccc3c2=CCc2ccccc2-3)C(C2=CC=CC=CN2)C1. The Morgan fingerprint density at radius 3 is 2.70 bits per heavy atom. The van der Waals surface area contributed by atoms with E-state index in [1.165, 1.54) is 32.7 Å². The van der Waals surface area contributed by atoms with Crippen LogP contribution in [-0.2, 0) is 6.42 Å². The Morgan fingerprint density at radius 1 is 0.865 bits per heavy atom. The number of Topliss-reactive ketones (excluding diaryl/α,β-unsaturated/α-hetero) is 1. The number of ketones is 1. The maximum Gasteiger partial charge on any atom is 0.169 e. The largest absolute Gasteiger partial charge is 0.364 e. The van der Waals surface area contributed by atoms with Crippen LogP contribution in [0.15, 0.2) is 103 Å². The van der Waals surface area contributed by atoms with E-state index in [1.54, 1.807) is 12.4 Å². The van der Waals surface area contributed by atoms with Gasteiger partial charge in [-0.05, 0) is 75.9 Å². The lowest BCUT2D eigenvalue weighted by molar-refractivity contribution is 0.0944. The summed E-state index contributed by atoms with van der Waals surface area (Å²) in [7, 11) is 0. The van der Waals surface area contributed by atoms with Gasteiger partial charge in [-0.25, -0.2) is 0 Å². The van der Waals surface area contributed by atoms with Gasteiger partial charge in [0.25, 0.3) is 0 Å². The molecule has 2 atom stereocenters. The molecule has 4 nitrogen and oxygen atoms in total. The second-order valence-electron chi connectivity index (χ2n) is 9.79. The van der Waals surface area contributed by atoms with Crippen molar-refractivity contribution in [3.63, 3.8) is 0 Å². The van der Waals surface area contributed by atoms with E-state index in [9.17, 15) is 4.79 Å². The number of fused-ring (bicyclic) bond motifs is 6. The van der Waals surface area contributed by atoms with Gasteiger partial charge in [-0.2, -0.15) is 0 Å². The lowest BCUT2D eigenvalue weighted by Crippen LogP contribution is -2.39. The van der Waals surface area contributed by atoms with Crippen molar-refractivity contribution in [2.75, 3.05) is 0 Å². The quantitative estimate of drug-likeness (QED) is 0.422. The summed E-state index contributed by atoms with van der Waals surface area (Å²) in [4.78, 5) is 22.7. The Bertz CT molecular complexity index is 1790. The van der Waals surface area contributed by atoms with Crippen molar-refractivity contribution >= 4 is 29.0 Å². The van der Waals surface area contributed by atoms with Gasteiger partial charge in [-0.3, -0.25) is 14.8 Å². The zero-order valence-corrected chi connectivity index (χ0v) is 20.3. The molecule has 0 amide bonds. The van der Waals surface area contributed by atoms with Crippen molar-refractivity contribution in [1.29, 1.82) is 0 Å². The summed E-state index contributed by atoms with van der Waals surface area (Å²) in [5, 5.41) is 5.90. The number of hydrogen-bond donors (Lipinski definition) is 1. The molecule has 0 saturated heterocycles. The van der Waals surface area contributed by atoms with E-state index >= 15 is 0 Å². The smallest absolute Gasteiger partial charge is 0.169 e. The number of nitrogens with one attached hydrogen (secondary N) is 1. The zero-order chi connectivity index (χ0) is 24.8. The highest BCUT2D eigenvalue weighted by Crippen LogP contribution is 2.35. The van der Waals surface area contributed by atoms with Gasteiger partial charge in [0.1, 0.15) is 0 Å². The molecule has 37 heavy (non-hydrogen) atoms. The average Bonchev–Trinajstić information content (AvgIpc) is 3.25. The van der Waals surface area contributed by atoms with Crippen LogP contribution in [0.5, 0.6) is 0 Å². The van der Waals surface area contributed by atoms with Crippen LogP contribution in [-0.4, -0.2) is 15.8 Å². The number of allylic oxidation sites excluding steroid dienone is 5. The van der Waals surface area contributed by atoms with E-state index in [-0.39, 0.29) is 17.6 Å². The summed E-state index contributed by atoms with van der Waals surface area (Å²) in [6.45, 7) is 0. The highest BCUT2D eigenvalue weighted by Gasteiger charge is 2.31. The maximum absolute atomic E-state index is 14.0. The Labute approximate surface area is 215 Å². The van der Waals surface area contributed by atoms with Crippen molar-refractivity contribution in [2.24, 2.45) is 5.92 Å². The van der Waals surface area contributed by atoms with Crippen molar-refractivity contribution in [3.8, 4) is 11.1 Å². The minimum absolute atomic E-state index is 0.0810. The summed E-state index contributed by atoms with van der Waals surface area (Å²) in [5.74, 6) is -0.0441. The van der Waals surface area contributed by atoms with Crippen LogP contribution >= 0.6 is 0 Å². The number of rotatable bonds is 3. The zero-order valence-electron chi connectivity index (χ0n) is 20.3. The fourth-order valence-electron chi connectivity index (χ4n) is 5.92. The maximum atomic E-state index is 14.0. The molecule has 4 heteroatoms. The summed E-state index contributed by atoms with van der Waals surface area (Å²) in [6, 6.07) is 18.8. The molecule has 3 aliphatic rings. The molecule has 1 aromatic heterocycles. The van der Waals surface area contributed by atoms with Gasteiger partial charge in [0.05, 0.1) is 11.0 Å². The van der Waals surface area contributed by atoms with Gasteiger partial charge in [0.2, 0.25) is 0 Å². The second kappa shape index (κ2) is 8.82. The first kappa shape index (κ1) is 21.7. The molecular weight excluding hydrogens is 454 g/mol. The van der Waals surface area contributed by atoms with Gasteiger partial charge < -0.3 is 5.32 Å². The summed E-state index contributed by atoms with van der Waals surface area (Å²) in [5.41, 5.74) is 8.46. The second-order valence-corrected chi connectivity index (χ2v) is 9.79. The van der Waals surface area contributed by atoms with Crippen LogP contribution in [0, 0.1) is 5.92 Å². The summed E-state index contributed by atoms with van der Waals surface area (Å²) < 4.78 is 0. The molecule has 0 saturated carbocycles. The molecule has 2 unspecified atom stereocenters. The molecule has 2 aliphatic carbocycles. The molecule has 0 bridgehead atoms. The van der Waals surface area contributed by atoms with Crippen molar-refractivity contribution in [2.45, 2.75) is 18.8 Å². The fourth-order valence-corrected chi connectivity index (χ4v) is 5.92. The predicted octanol–water partition coefficient (Wildman–Crippen LogP) is 4.96. The molecular formula is C33H25N3O. The lowest BCUT2D eigenvalue weighted by atomic mass is 9.75. The minimum Gasteiger partial charge on any atom is -0.364 e. The third-order valence-electron chi connectivity index (χ3n) is 7.70. The normalized spacial score (nSPS) is 19.3. The molecule has 0 radical (unpaired) electrons. The number of carbonyl (C=O) groups is 1. The van der Waals surface area contributed by atoms with Crippen molar-refractivity contribution in [3.05, 3.63) is 130 Å². The van der Waals surface area contributed by atoms with E-state index < -0.39 is 0 Å². The fraction of sp³-hybridized carbons (Fsp3) is 0.121. The Kier molecular flexibility index (Phi) is 5.17. The number of benzene rings is 3. The highest BCUT2D eigenvalue weighted by atomic mass is 16.1. The van der Waals surface area contributed by atoms with Gasteiger partial charge in [0, 0.05) is 41.7 Å². The summed E-state index contributed by atoms with van der Waals surface area (Å²) in [6.07, 6.45) is 19.7. The van der Waals surface area contributed by atoms with E-state index in [4.69, 9.17) is 0 Å². The Hall–Kier alpha value is -4.57. The van der Waals surface area contributed by atoms with Gasteiger partial charge in [-0.1, -0.05) is 60.7 Å². The molecule has 7 rings (SSSR count). The third kappa shape index (κ3) is 3.73. The van der Waals surface area contributed by atoms with Gasteiger partial charge in [-0.15, -0.1) is 0 Å². The van der Waals surface area contributed by atoms with Crippen LogP contribution in [0.1, 0.15) is 33.8 Å². The van der Waals surface area contributed by atoms with Crippen molar-refractivity contribution in [1.82, 2.24) is 15.3 Å². The van der Waals surface area contributed by atoms with E-state index in [0.29, 0.717) is 12.0 Å². The lowest BCUT2D eigenvalue weighted by Gasteiger charge is -2.30. The van der Waals surface area contributed by atoms with Gasteiger partial charge >= 0.3 is 0 Å².